The molecule has 0 aromatic heterocycles. The van der Waals surface area contributed by atoms with Gasteiger partial charge in [0.2, 0.25) is 0 Å². The molecule has 0 fully saturated rings. The molecule has 0 aliphatic carbocycles. The Kier molecular flexibility index (Phi) is 26.4. The average molecular weight is 146 g/mol. The molecule has 0 aliphatic rings. The summed E-state index contributed by atoms with van der Waals surface area (Å²) in [4.78, 5) is 0. The molecule has 0 rings (SSSR count). The van der Waals surface area contributed by atoms with Crippen LogP contribution in [0.2, 0.25) is 0 Å². The highest BCUT2D eigenvalue weighted by Gasteiger charge is 1.88. The summed E-state index contributed by atoms with van der Waals surface area (Å²) in [6.45, 7) is 11.0. The largest absolute Gasteiger partial charge is 0.0776 e. The standard InChI is InChI=1S/C6H14.C3H8.CH4/c1-4-6(3)5-2;1-3-2;/h6H,4-5H2,1-3H3;3H2,1-2H3;1H4. The van der Waals surface area contributed by atoms with E-state index in [0.29, 0.717) is 0 Å². The summed E-state index contributed by atoms with van der Waals surface area (Å²) in [6.07, 6.45) is 3.91. The minimum Gasteiger partial charge on any atom is -0.0776 e. The number of hydrogen-bond donors (Lipinski definition) is 0. The Morgan fingerprint density at radius 1 is 0.900 bits per heavy atom. The van der Waals surface area contributed by atoms with Crippen LogP contribution in [0.3, 0.4) is 0 Å². The lowest BCUT2D eigenvalue weighted by atomic mass is 10.1. The van der Waals surface area contributed by atoms with Crippen molar-refractivity contribution in [1.29, 1.82) is 0 Å². The van der Waals surface area contributed by atoms with Gasteiger partial charge in [0.1, 0.15) is 0 Å². The third-order valence-electron chi connectivity index (χ3n) is 1.39. The Morgan fingerprint density at radius 2 is 1.10 bits per heavy atom. The number of rotatable bonds is 2. The van der Waals surface area contributed by atoms with Crippen molar-refractivity contribution >= 4 is 0 Å². The average Bonchev–Trinajstić information content (AvgIpc) is 1.88. The molecule has 0 aromatic rings. The van der Waals surface area contributed by atoms with Crippen molar-refractivity contribution in [2.24, 2.45) is 5.92 Å². The van der Waals surface area contributed by atoms with Crippen molar-refractivity contribution in [2.45, 2.75) is 61.3 Å². The highest BCUT2D eigenvalue weighted by atomic mass is 13.9. The van der Waals surface area contributed by atoms with Crippen LogP contribution in [0, 0.1) is 5.92 Å². The third kappa shape index (κ3) is 24.5. The molecule has 0 unspecified atom stereocenters. The molecule has 0 nitrogen and oxygen atoms in total. The van der Waals surface area contributed by atoms with Crippen LogP contribution in [0.5, 0.6) is 0 Å². The van der Waals surface area contributed by atoms with E-state index in [1.807, 2.05) is 0 Å². The second-order valence-electron chi connectivity index (χ2n) is 2.63. The predicted octanol–water partition coefficient (Wildman–Crippen LogP) is 4.49. The Labute approximate surface area is 68.0 Å². The van der Waals surface area contributed by atoms with E-state index in [2.05, 4.69) is 34.6 Å². The second kappa shape index (κ2) is 16.0. The Hall–Kier alpha value is 0. The summed E-state index contributed by atoms with van der Waals surface area (Å²) in [5, 5.41) is 0. The van der Waals surface area contributed by atoms with Crippen LogP contribution in [0.1, 0.15) is 61.3 Å². The molecule has 0 heteroatoms. The smallest absolute Gasteiger partial charge is 0.0448 e. The molecule has 10 heavy (non-hydrogen) atoms. The van der Waals surface area contributed by atoms with E-state index < -0.39 is 0 Å². The van der Waals surface area contributed by atoms with Gasteiger partial charge in [-0.05, 0) is 5.92 Å². The van der Waals surface area contributed by atoms with Gasteiger partial charge in [0.25, 0.3) is 0 Å². The molecule has 66 valence electrons. The van der Waals surface area contributed by atoms with Crippen molar-refractivity contribution in [3.8, 4) is 0 Å². The van der Waals surface area contributed by atoms with Crippen LogP contribution in [0.4, 0.5) is 0 Å². The first-order valence-electron chi connectivity index (χ1n) is 4.22. The summed E-state index contributed by atoms with van der Waals surface area (Å²) in [5.41, 5.74) is 0. The van der Waals surface area contributed by atoms with E-state index in [4.69, 9.17) is 0 Å². The Balaban J connectivity index is -0.000000107. The third-order valence-corrected chi connectivity index (χ3v) is 1.39. The van der Waals surface area contributed by atoms with Crippen LogP contribution in [0.25, 0.3) is 0 Å². The van der Waals surface area contributed by atoms with Crippen LogP contribution in [-0.2, 0) is 0 Å². The quantitative estimate of drug-likeness (QED) is 0.538. The predicted molar refractivity (Wildman–Crippen MR) is 52.4 cm³/mol. The second-order valence-corrected chi connectivity index (χ2v) is 2.63. The van der Waals surface area contributed by atoms with Gasteiger partial charge < -0.3 is 0 Å². The molecule has 0 bridgehead atoms. The molecule has 0 heterocycles. The van der Waals surface area contributed by atoms with E-state index in [1.165, 1.54) is 19.3 Å². The maximum absolute atomic E-state index is 2.28. The van der Waals surface area contributed by atoms with E-state index in [1.54, 1.807) is 0 Å². The molecule has 0 saturated carbocycles. The first kappa shape index (κ1) is 16.5. The summed E-state index contributed by atoms with van der Waals surface area (Å²) >= 11 is 0. The van der Waals surface area contributed by atoms with Gasteiger partial charge in [-0.25, -0.2) is 0 Å². The molecule has 0 aliphatic heterocycles. The fraction of sp³-hybridized carbons (Fsp3) is 1.00. The molecule has 0 atom stereocenters. The fourth-order valence-corrected chi connectivity index (χ4v) is 0.289. The molecule has 0 N–H and O–H groups in total. The van der Waals surface area contributed by atoms with Gasteiger partial charge in [0.15, 0.2) is 0 Å². The zero-order valence-corrected chi connectivity index (χ0v) is 7.70. The van der Waals surface area contributed by atoms with Crippen LogP contribution in [0.15, 0.2) is 0 Å². The van der Waals surface area contributed by atoms with E-state index in [0.717, 1.165) is 5.92 Å². The van der Waals surface area contributed by atoms with Crippen molar-refractivity contribution < 1.29 is 0 Å². The molecular weight excluding hydrogens is 120 g/mol. The summed E-state index contributed by atoms with van der Waals surface area (Å²) in [7, 11) is 0. The molecular formula is C10H26. The maximum atomic E-state index is 2.28. The van der Waals surface area contributed by atoms with Crippen molar-refractivity contribution in [3.63, 3.8) is 0 Å². The molecule has 0 radical (unpaired) electrons. The zero-order valence-electron chi connectivity index (χ0n) is 7.70. The minimum atomic E-state index is 0. The minimum absolute atomic E-state index is 0. The first-order chi connectivity index (χ1) is 4.22. The number of hydrogen-bond acceptors (Lipinski definition) is 0. The monoisotopic (exact) mass is 146 g/mol. The SMILES string of the molecule is C.CCC.CCC(C)CC. The van der Waals surface area contributed by atoms with Crippen LogP contribution >= 0.6 is 0 Å². The van der Waals surface area contributed by atoms with Crippen molar-refractivity contribution in [3.05, 3.63) is 0 Å². The van der Waals surface area contributed by atoms with Crippen LogP contribution in [-0.4, -0.2) is 0 Å². The van der Waals surface area contributed by atoms with Gasteiger partial charge in [-0.3, -0.25) is 0 Å². The van der Waals surface area contributed by atoms with Crippen molar-refractivity contribution in [1.82, 2.24) is 0 Å². The lowest BCUT2D eigenvalue weighted by molar-refractivity contribution is 0.544. The fourth-order valence-electron chi connectivity index (χ4n) is 0.289. The lowest BCUT2D eigenvalue weighted by Crippen LogP contribution is -1.85. The maximum Gasteiger partial charge on any atom is -0.0448 e. The van der Waals surface area contributed by atoms with Gasteiger partial charge in [0, 0.05) is 0 Å². The summed E-state index contributed by atoms with van der Waals surface area (Å²) < 4.78 is 0. The van der Waals surface area contributed by atoms with Gasteiger partial charge >= 0.3 is 0 Å². The van der Waals surface area contributed by atoms with E-state index in [9.17, 15) is 0 Å². The summed E-state index contributed by atoms with van der Waals surface area (Å²) in [5.74, 6) is 0.935. The van der Waals surface area contributed by atoms with E-state index in [-0.39, 0.29) is 7.43 Å². The van der Waals surface area contributed by atoms with Crippen molar-refractivity contribution in [2.75, 3.05) is 0 Å². The molecule has 0 saturated heterocycles. The molecule has 0 amide bonds. The Morgan fingerprint density at radius 3 is 1.10 bits per heavy atom. The normalized spacial score (nSPS) is 7.80. The first-order valence-corrected chi connectivity index (χ1v) is 4.22. The zero-order chi connectivity index (χ0) is 7.70. The highest BCUT2D eigenvalue weighted by molar-refractivity contribution is 4.41. The Bertz CT molecular complexity index is 27.0. The van der Waals surface area contributed by atoms with Gasteiger partial charge in [-0.2, -0.15) is 0 Å². The topological polar surface area (TPSA) is 0 Å². The molecule has 0 aromatic carbocycles. The van der Waals surface area contributed by atoms with Gasteiger partial charge in [-0.15, -0.1) is 0 Å². The lowest BCUT2D eigenvalue weighted by Gasteiger charge is -1.98. The van der Waals surface area contributed by atoms with E-state index >= 15 is 0 Å². The molecule has 0 spiro atoms. The highest BCUT2D eigenvalue weighted by Crippen LogP contribution is 2.02. The van der Waals surface area contributed by atoms with Gasteiger partial charge in [0.05, 0.1) is 0 Å². The summed E-state index contributed by atoms with van der Waals surface area (Å²) in [6, 6.07) is 0. The van der Waals surface area contributed by atoms with Gasteiger partial charge in [-0.1, -0.05) is 61.3 Å². The van der Waals surface area contributed by atoms with Crippen LogP contribution < -0.4 is 0 Å².